The number of pyridine rings is 1. The summed E-state index contributed by atoms with van der Waals surface area (Å²) in [5.74, 6) is 1.22. The van der Waals surface area contributed by atoms with E-state index in [1.54, 1.807) is 30.5 Å². The molecule has 0 bridgehead atoms. The SMILES string of the molecule is C[C@@H](NC(=O)c1ccccn1)c1nnc(CC2=CCCC=C2)n1Cc1ccc(Cl)c(Cl)c1. The first kappa shape index (κ1) is 22.2. The van der Waals surface area contributed by atoms with Crippen LogP contribution in [0.4, 0.5) is 0 Å². The van der Waals surface area contributed by atoms with E-state index in [1.165, 1.54) is 5.57 Å². The van der Waals surface area contributed by atoms with Crippen LogP contribution in [0.25, 0.3) is 0 Å². The molecule has 3 aromatic rings. The lowest BCUT2D eigenvalue weighted by atomic mass is 10.0. The number of benzene rings is 1. The van der Waals surface area contributed by atoms with Gasteiger partial charge < -0.3 is 9.88 Å². The van der Waals surface area contributed by atoms with E-state index in [4.69, 9.17) is 23.2 Å². The summed E-state index contributed by atoms with van der Waals surface area (Å²) in [5, 5.41) is 12.9. The normalized spacial score (nSPS) is 14.2. The van der Waals surface area contributed by atoms with Crippen molar-refractivity contribution in [1.29, 1.82) is 0 Å². The minimum Gasteiger partial charge on any atom is -0.341 e. The Morgan fingerprint density at radius 1 is 1.16 bits per heavy atom. The molecule has 1 aliphatic rings. The largest absolute Gasteiger partial charge is 0.341 e. The molecule has 6 nitrogen and oxygen atoms in total. The summed E-state index contributed by atoms with van der Waals surface area (Å²) in [5.41, 5.74) is 2.53. The maximum absolute atomic E-state index is 12.6. The molecule has 1 N–H and O–H groups in total. The lowest BCUT2D eigenvalue weighted by molar-refractivity contribution is 0.0932. The van der Waals surface area contributed by atoms with E-state index in [1.807, 2.05) is 23.6 Å². The summed E-state index contributed by atoms with van der Waals surface area (Å²) >= 11 is 12.3. The van der Waals surface area contributed by atoms with Crippen LogP contribution in [-0.4, -0.2) is 25.7 Å². The standard InChI is InChI=1S/C24H23Cl2N5O/c1-16(28-24(32)21-9-5-6-12-27-21)23-30-29-22(14-17-7-3-2-4-8-17)31(23)15-18-10-11-19(25)20(26)13-18/h3,5-13,16H,2,4,14-15H2,1H3,(H,28,32)/t16-/m1/s1. The van der Waals surface area contributed by atoms with Gasteiger partial charge in [0.25, 0.3) is 5.91 Å². The average Bonchev–Trinajstić information content (AvgIpc) is 3.19. The van der Waals surface area contributed by atoms with Gasteiger partial charge in [0.2, 0.25) is 0 Å². The minimum atomic E-state index is -0.371. The molecule has 1 aromatic carbocycles. The molecule has 32 heavy (non-hydrogen) atoms. The number of nitrogens with one attached hydrogen (secondary N) is 1. The molecule has 2 heterocycles. The Balaban J connectivity index is 1.63. The molecule has 1 aliphatic carbocycles. The summed E-state index contributed by atoms with van der Waals surface area (Å²) in [6.45, 7) is 2.40. The molecule has 2 aromatic heterocycles. The van der Waals surface area contributed by atoms with Crippen molar-refractivity contribution in [2.75, 3.05) is 0 Å². The van der Waals surface area contributed by atoms with E-state index in [0.717, 1.165) is 24.2 Å². The molecular formula is C24H23Cl2N5O. The van der Waals surface area contributed by atoms with E-state index < -0.39 is 0 Å². The van der Waals surface area contributed by atoms with Gasteiger partial charge >= 0.3 is 0 Å². The topological polar surface area (TPSA) is 72.7 Å². The van der Waals surface area contributed by atoms with Crippen LogP contribution >= 0.6 is 23.2 Å². The highest BCUT2D eigenvalue weighted by molar-refractivity contribution is 6.42. The van der Waals surface area contributed by atoms with Crippen molar-refractivity contribution in [1.82, 2.24) is 25.1 Å². The number of amides is 1. The fourth-order valence-corrected chi connectivity index (χ4v) is 3.93. The molecule has 0 aliphatic heterocycles. The monoisotopic (exact) mass is 467 g/mol. The molecule has 0 saturated carbocycles. The van der Waals surface area contributed by atoms with Crippen LogP contribution in [0.1, 0.15) is 53.5 Å². The van der Waals surface area contributed by atoms with Gasteiger partial charge in [-0.15, -0.1) is 10.2 Å². The van der Waals surface area contributed by atoms with Crippen LogP contribution in [-0.2, 0) is 13.0 Å². The van der Waals surface area contributed by atoms with Crippen LogP contribution in [0, 0.1) is 0 Å². The number of rotatable bonds is 7. The lowest BCUT2D eigenvalue weighted by Crippen LogP contribution is -2.29. The fourth-order valence-electron chi connectivity index (χ4n) is 3.61. The summed E-state index contributed by atoms with van der Waals surface area (Å²) in [7, 11) is 0. The van der Waals surface area contributed by atoms with Crippen LogP contribution < -0.4 is 5.32 Å². The van der Waals surface area contributed by atoms with Gasteiger partial charge in [-0.3, -0.25) is 9.78 Å². The van der Waals surface area contributed by atoms with Gasteiger partial charge in [-0.05, 0) is 55.2 Å². The quantitative estimate of drug-likeness (QED) is 0.508. The average molecular weight is 468 g/mol. The number of carbonyl (C=O) groups excluding carboxylic acids is 1. The molecule has 0 unspecified atom stereocenters. The van der Waals surface area contributed by atoms with Crippen LogP contribution in [0.5, 0.6) is 0 Å². The Morgan fingerprint density at radius 2 is 2.03 bits per heavy atom. The Morgan fingerprint density at radius 3 is 2.75 bits per heavy atom. The molecule has 8 heteroatoms. The van der Waals surface area contributed by atoms with Crippen LogP contribution in [0.15, 0.2) is 66.4 Å². The van der Waals surface area contributed by atoms with Gasteiger partial charge in [0.15, 0.2) is 5.82 Å². The number of carbonyl (C=O) groups is 1. The molecule has 4 rings (SSSR count). The van der Waals surface area contributed by atoms with Crippen molar-refractivity contribution in [3.05, 3.63) is 99.3 Å². The summed E-state index contributed by atoms with van der Waals surface area (Å²) in [6, 6.07) is 10.4. The van der Waals surface area contributed by atoms with Gasteiger partial charge in [-0.2, -0.15) is 0 Å². The first-order valence-electron chi connectivity index (χ1n) is 10.4. The second-order valence-corrected chi connectivity index (χ2v) is 8.47. The fraction of sp³-hybridized carbons (Fsp3) is 0.250. The van der Waals surface area contributed by atoms with E-state index in [9.17, 15) is 4.79 Å². The van der Waals surface area contributed by atoms with Crippen molar-refractivity contribution in [2.45, 2.75) is 38.8 Å². The van der Waals surface area contributed by atoms with Gasteiger partial charge in [-0.1, -0.05) is 53.6 Å². The van der Waals surface area contributed by atoms with E-state index >= 15 is 0 Å². The van der Waals surface area contributed by atoms with Crippen molar-refractivity contribution in [3.63, 3.8) is 0 Å². The maximum atomic E-state index is 12.6. The third kappa shape index (κ3) is 5.26. The third-order valence-electron chi connectivity index (χ3n) is 5.25. The summed E-state index contributed by atoms with van der Waals surface area (Å²) in [6.07, 6.45) is 10.9. The summed E-state index contributed by atoms with van der Waals surface area (Å²) in [4.78, 5) is 16.7. The lowest BCUT2D eigenvalue weighted by Gasteiger charge is -2.17. The van der Waals surface area contributed by atoms with Crippen molar-refractivity contribution in [3.8, 4) is 0 Å². The predicted octanol–water partition coefficient (Wildman–Crippen LogP) is 5.34. The zero-order valence-electron chi connectivity index (χ0n) is 17.6. The van der Waals surface area contributed by atoms with E-state index in [-0.39, 0.29) is 11.9 Å². The second-order valence-electron chi connectivity index (χ2n) is 7.65. The zero-order valence-corrected chi connectivity index (χ0v) is 19.1. The third-order valence-corrected chi connectivity index (χ3v) is 5.99. The molecule has 0 spiro atoms. The molecule has 1 amide bonds. The smallest absolute Gasteiger partial charge is 0.270 e. The number of hydrogen-bond donors (Lipinski definition) is 1. The second kappa shape index (κ2) is 10.1. The van der Waals surface area contributed by atoms with Gasteiger partial charge in [0, 0.05) is 12.6 Å². The molecule has 0 radical (unpaired) electrons. The Labute approximate surface area is 197 Å². The van der Waals surface area contributed by atoms with Crippen molar-refractivity contribution >= 4 is 29.1 Å². The minimum absolute atomic E-state index is 0.262. The molecular weight excluding hydrogens is 445 g/mol. The van der Waals surface area contributed by atoms with Crippen molar-refractivity contribution in [2.24, 2.45) is 0 Å². The maximum Gasteiger partial charge on any atom is 0.270 e. The van der Waals surface area contributed by atoms with Gasteiger partial charge in [0.1, 0.15) is 11.5 Å². The number of halogens is 2. The molecule has 0 saturated heterocycles. The van der Waals surface area contributed by atoms with E-state index in [2.05, 4.69) is 38.7 Å². The van der Waals surface area contributed by atoms with Crippen molar-refractivity contribution < 1.29 is 4.79 Å². The molecule has 0 fully saturated rings. The summed E-state index contributed by atoms with van der Waals surface area (Å²) < 4.78 is 2.03. The highest BCUT2D eigenvalue weighted by atomic mass is 35.5. The number of allylic oxidation sites excluding steroid dienone is 4. The Hall–Kier alpha value is -2.96. The molecule has 1 atom stereocenters. The highest BCUT2D eigenvalue weighted by Gasteiger charge is 2.21. The van der Waals surface area contributed by atoms with Crippen LogP contribution in [0.3, 0.4) is 0 Å². The predicted molar refractivity (Wildman–Crippen MR) is 126 cm³/mol. The van der Waals surface area contributed by atoms with Crippen LogP contribution in [0.2, 0.25) is 10.0 Å². The Bertz CT molecular complexity index is 1170. The zero-order chi connectivity index (χ0) is 22.5. The number of hydrogen-bond acceptors (Lipinski definition) is 4. The van der Waals surface area contributed by atoms with Gasteiger partial charge in [-0.25, -0.2) is 0 Å². The first-order valence-corrected chi connectivity index (χ1v) is 11.2. The van der Waals surface area contributed by atoms with Gasteiger partial charge in [0.05, 0.1) is 22.6 Å². The molecule has 164 valence electrons. The highest BCUT2D eigenvalue weighted by Crippen LogP contribution is 2.25. The Kier molecular flexibility index (Phi) is 7.02. The number of aromatic nitrogens is 4. The first-order chi connectivity index (χ1) is 15.5. The van der Waals surface area contributed by atoms with E-state index in [0.29, 0.717) is 34.5 Å². The number of nitrogens with zero attached hydrogens (tertiary/aromatic N) is 4.